The lowest BCUT2D eigenvalue weighted by Crippen LogP contribution is -2.29. The molecule has 0 saturated heterocycles. The minimum Gasteiger partial charge on any atom is -0.469 e. The molecule has 0 spiro atoms. The number of hydrogen-bond donors (Lipinski definition) is 1. The van der Waals surface area contributed by atoms with Crippen molar-refractivity contribution in [3.8, 4) is 11.3 Å². The molecule has 0 radical (unpaired) electrons. The van der Waals surface area contributed by atoms with Gasteiger partial charge in [-0.15, -0.1) is 0 Å². The summed E-state index contributed by atoms with van der Waals surface area (Å²) in [6.45, 7) is 1.35. The third-order valence-electron chi connectivity index (χ3n) is 3.35. The first-order valence-corrected chi connectivity index (χ1v) is 6.99. The summed E-state index contributed by atoms with van der Waals surface area (Å²) >= 11 is 0. The van der Waals surface area contributed by atoms with E-state index in [0.717, 1.165) is 4.68 Å². The van der Waals surface area contributed by atoms with E-state index in [-0.39, 0.29) is 30.0 Å². The zero-order valence-electron chi connectivity index (χ0n) is 12.9. The van der Waals surface area contributed by atoms with Gasteiger partial charge in [0.2, 0.25) is 0 Å². The van der Waals surface area contributed by atoms with Crippen molar-refractivity contribution in [2.75, 3.05) is 12.8 Å². The Hall–Kier alpha value is -2.96. The topological polar surface area (TPSA) is 104 Å². The minimum atomic E-state index is -0.598. The van der Waals surface area contributed by atoms with Crippen LogP contribution in [-0.2, 0) is 16.1 Å². The molecule has 2 rings (SSSR count). The largest absolute Gasteiger partial charge is 0.469 e. The van der Waals surface area contributed by atoms with Gasteiger partial charge in [-0.3, -0.25) is 14.4 Å². The summed E-state index contributed by atoms with van der Waals surface area (Å²) in [5.74, 6) is -0.805. The molecule has 120 valence electrons. The number of methoxy groups -OCH3 is 1. The van der Waals surface area contributed by atoms with Crippen LogP contribution in [0, 0.1) is 0 Å². The van der Waals surface area contributed by atoms with E-state index in [4.69, 9.17) is 5.73 Å². The van der Waals surface area contributed by atoms with Crippen molar-refractivity contribution >= 4 is 17.4 Å². The van der Waals surface area contributed by atoms with Crippen LogP contribution in [0.4, 0.5) is 5.69 Å². The van der Waals surface area contributed by atoms with E-state index in [2.05, 4.69) is 9.84 Å². The van der Waals surface area contributed by atoms with Crippen molar-refractivity contribution in [1.29, 1.82) is 0 Å². The van der Waals surface area contributed by atoms with Crippen molar-refractivity contribution in [3.05, 3.63) is 46.2 Å². The Bertz CT molecular complexity index is 797. The Morgan fingerprint density at radius 3 is 2.48 bits per heavy atom. The quantitative estimate of drug-likeness (QED) is 0.658. The third kappa shape index (κ3) is 3.45. The van der Waals surface area contributed by atoms with Crippen LogP contribution in [0.15, 0.2) is 35.1 Å². The van der Waals surface area contributed by atoms with Gasteiger partial charge in [0.05, 0.1) is 25.6 Å². The predicted molar refractivity (Wildman–Crippen MR) is 85.0 cm³/mol. The second kappa shape index (κ2) is 6.87. The Morgan fingerprint density at radius 2 is 1.91 bits per heavy atom. The number of hydrogen-bond acceptors (Lipinski definition) is 6. The van der Waals surface area contributed by atoms with Gasteiger partial charge in [-0.2, -0.15) is 5.10 Å². The summed E-state index contributed by atoms with van der Waals surface area (Å²) in [4.78, 5) is 35.4. The van der Waals surface area contributed by atoms with Gasteiger partial charge < -0.3 is 10.5 Å². The molecule has 1 aromatic carbocycles. The van der Waals surface area contributed by atoms with E-state index in [0.29, 0.717) is 11.3 Å². The molecule has 2 aromatic rings. The predicted octanol–water partition coefficient (Wildman–Crippen LogP) is 1.26. The molecule has 0 aliphatic carbocycles. The molecule has 0 saturated carbocycles. The van der Waals surface area contributed by atoms with Gasteiger partial charge in [0.15, 0.2) is 5.78 Å². The zero-order valence-corrected chi connectivity index (χ0v) is 12.9. The molecule has 1 aromatic heterocycles. The van der Waals surface area contributed by atoms with Crippen LogP contribution in [0.5, 0.6) is 0 Å². The highest BCUT2D eigenvalue weighted by molar-refractivity contribution is 6.04. The second-order valence-electron chi connectivity index (χ2n) is 4.91. The SMILES string of the molecule is COC(=O)CCn1nc(-c2ccccc2)c(C(C)=O)c(N)c1=O. The highest BCUT2D eigenvalue weighted by Gasteiger charge is 2.20. The normalized spacial score (nSPS) is 10.3. The number of Topliss-reactive ketones (excluding diaryl/α,β-unsaturated/α-hetero) is 1. The Balaban J connectivity index is 2.59. The molecule has 0 unspecified atom stereocenters. The molecule has 0 aliphatic heterocycles. The number of esters is 1. The fraction of sp³-hybridized carbons (Fsp3) is 0.250. The summed E-state index contributed by atoms with van der Waals surface area (Å²) in [6, 6.07) is 8.95. The molecule has 0 fully saturated rings. The molecule has 0 aliphatic rings. The molecular weight excluding hydrogens is 298 g/mol. The van der Waals surface area contributed by atoms with E-state index in [1.54, 1.807) is 24.3 Å². The molecule has 0 bridgehead atoms. The summed E-state index contributed by atoms with van der Waals surface area (Å²) in [5, 5.41) is 4.23. The van der Waals surface area contributed by atoms with Gasteiger partial charge in [-0.25, -0.2) is 4.68 Å². The Kier molecular flexibility index (Phi) is 4.90. The molecule has 7 heteroatoms. The summed E-state index contributed by atoms with van der Waals surface area (Å²) in [5.41, 5.74) is 6.16. The maximum Gasteiger partial charge on any atom is 0.307 e. The van der Waals surface area contributed by atoms with Crippen molar-refractivity contribution in [2.45, 2.75) is 19.9 Å². The molecule has 2 N–H and O–H groups in total. The fourth-order valence-corrected chi connectivity index (χ4v) is 2.19. The number of carbonyl (C=O) groups excluding carboxylic acids is 2. The Morgan fingerprint density at radius 1 is 1.26 bits per heavy atom. The maximum atomic E-state index is 12.2. The van der Waals surface area contributed by atoms with Gasteiger partial charge in [0.1, 0.15) is 11.4 Å². The number of benzene rings is 1. The highest BCUT2D eigenvalue weighted by Crippen LogP contribution is 2.23. The van der Waals surface area contributed by atoms with Gasteiger partial charge in [-0.05, 0) is 6.92 Å². The van der Waals surface area contributed by atoms with E-state index < -0.39 is 11.5 Å². The molecule has 1 heterocycles. The molecule has 0 atom stereocenters. The number of rotatable bonds is 5. The monoisotopic (exact) mass is 315 g/mol. The number of anilines is 1. The number of ketones is 1. The zero-order chi connectivity index (χ0) is 17.0. The fourth-order valence-electron chi connectivity index (χ4n) is 2.19. The summed E-state index contributed by atoms with van der Waals surface area (Å²) < 4.78 is 5.64. The lowest BCUT2D eigenvalue weighted by Gasteiger charge is -2.13. The van der Waals surface area contributed by atoms with Crippen molar-refractivity contribution < 1.29 is 14.3 Å². The highest BCUT2D eigenvalue weighted by atomic mass is 16.5. The first kappa shape index (κ1) is 16.4. The Labute approximate surface area is 132 Å². The van der Waals surface area contributed by atoms with E-state index >= 15 is 0 Å². The standard InChI is InChI=1S/C16H17N3O4/c1-10(20)13-14(17)16(22)19(9-8-12(21)23-2)18-15(13)11-6-4-3-5-7-11/h3-7H,8-9,17H2,1-2H3. The number of ether oxygens (including phenoxy) is 1. The lowest BCUT2D eigenvalue weighted by atomic mass is 10.0. The third-order valence-corrected chi connectivity index (χ3v) is 3.35. The lowest BCUT2D eigenvalue weighted by molar-refractivity contribution is -0.140. The number of nitrogen functional groups attached to an aromatic ring is 1. The van der Waals surface area contributed by atoms with Crippen molar-refractivity contribution in [1.82, 2.24) is 9.78 Å². The molecular formula is C16H17N3O4. The van der Waals surface area contributed by atoms with Crippen LogP contribution in [0.2, 0.25) is 0 Å². The summed E-state index contributed by atoms with van der Waals surface area (Å²) in [7, 11) is 1.27. The van der Waals surface area contributed by atoms with Gasteiger partial charge >= 0.3 is 5.97 Å². The van der Waals surface area contributed by atoms with Crippen molar-refractivity contribution in [3.63, 3.8) is 0 Å². The van der Waals surface area contributed by atoms with Gasteiger partial charge in [0, 0.05) is 5.56 Å². The van der Waals surface area contributed by atoms with Gasteiger partial charge in [-0.1, -0.05) is 30.3 Å². The number of aryl methyl sites for hydroxylation is 1. The first-order chi connectivity index (χ1) is 11.0. The maximum absolute atomic E-state index is 12.2. The van der Waals surface area contributed by atoms with E-state index in [9.17, 15) is 14.4 Å². The summed E-state index contributed by atoms with van der Waals surface area (Å²) in [6.07, 6.45) is -0.0174. The molecule has 7 nitrogen and oxygen atoms in total. The number of aromatic nitrogens is 2. The number of nitrogens with zero attached hydrogens (tertiary/aromatic N) is 2. The minimum absolute atomic E-state index is 0.0174. The van der Waals surface area contributed by atoms with E-state index in [1.807, 2.05) is 6.07 Å². The smallest absolute Gasteiger partial charge is 0.307 e. The van der Waals surface area contributed by atoms with Crippen LogP contribution in [0.3, 0.4) is 0 Å². The van der Waals surface area contributed by atoms with Crippen LogP contribution >= 0.6 is 0 Å². The van der Waals surface area contributed by atoms with Crippen molar-refractivity contribution in [2.24, 2.45) is 0 Å². The van der Waals surface area contributed by atoms with Crippen LogP contribution in [-0.4, -0.2) is 28.6 Å². The van der Waals surface area contributed by atoms with Crippen LogP contribution < -0.4 is 11.3 Å². The van der Waals surface area contributed by atoms with Gasteiger partial charge in [0.25, 0.3) is 5.56 Å². The van der Waals surface area contributed by atoms with Crippen LogP contribution in [0.1, 0.15) is 23.7 Å². The number of nitrogens with two attached hydrogens (primary N) is 1. The molecule has 0 amide bonds. The van der Waals surface area contributed by atoms with E-state index in [1.165, 1.54) is 14.0 Å². The van der Waals surface area contributed by atoms with Crippen LogP contribution in [0.25, 0.3) is 11.3 Å². The second-order valence-corrected chi connectivity index (χ2v) is 4.91. The molecule has 23 heavy (non-hydrogen) atoms. The average molecular weight is 315 g/mol. The number of carbonyl (C=O) groups is 2. The average Bonchev–Trinajstić information content (AvgIpc) is 2.55. The first-order valence-electron chi connectivity index (χ1n) is 6.99.